The molecule has 120 valence electrons. The summed E-state index contributed by atoms with van der Waals surface area (Å²) < 4.78 is 2.51. The van der Waals surface area contributed by atoms with Crippen LogP contribution in [0.4, 0.5) is 5.69 Å². The van der Waals surface area contributed by atoms with Crippen LogP contribution in [0.5, 0.6) is 0 Å². The molecule has 0 aliphatic heterocycles. The monoisotopic (exact) mass is 329 g/mol. The molecular formula is C17H19N3O2S. The number of aryl methyl sites for hydroxylation is 3. The van der Waals surface area contributed by atoms with E-state index in [-0.39, 0.29) is 10.8 Å². The summed E-state index contributed by atoms with van der Waals surface area (Å²) in [5.41, 5.74) is 4.20. The van der Waals surface area contributed by atoms with Crippen LogP contribution in [0.2, 0.25) is 0 Å². The molecule has 0 radical (unpaired) electrons. The number of carbonyl (C=O) groups is 1. The molecule has 23 heavy (non-hydrogen) atoms. The van der Waals surface area contributed by atoms with Gasteiger partial charge in [0.25, 0.3) is 5.91 Å². The van der Waals surface area contributed by atoms with E-state index in [9.17, 15) is 9.59 Å². The molecule has 3 aromatic rings. The van der Waals surface area contributed by atoms with Crippen molar-refractivity contribution in [3.05, 3.63) is 50.9 Å². The summed E-state index contributed by atoms with van der Waals surface area (Å²) in [5, 5.41) is 2.97. The Hall–Kier alpha value is -2.34. The molecule has 1 aromatic carbocycles. The minimum Gasteiger partial charge on any atom is -0.364 e. The zero-order chi connectivity index (χ0) is 16.6. The second-order valence-electron chi connectivity index (χ2n) is 5.64. The van der Waals surface area contributed by atoms with E-state index in [4.69, 9.17) is 0 Å². The number of hydrogen-bond acceptors (Lipinski definition) is 3. The van der Waals surface area contributed by atoms with Gasteiger partial charge in [-0.3, -0.25) is 9.59 Å². The predicted molar refractivity (Wildman–Crippen MR) is 94.5 cm³/mol. The van der Waals surface area contributed by atoms with Gasteiger partial charge in [0.1, 0.15) is 0 Å². The van der Waals surface area contributed by atoms with Crippen LogP contribution in [0, 0.1) is 6.92 Å². The second kappa shape index (κ2) is 6.04. The number of carbonyl (C=O) groups excluding carboxylic acids is 1. The summed E-state index contributed by atoms with van der Waals surface area (Å²) in [6.45, 7) is 4.01. The molecule has 0 saturated carbocycles. The molecule has 1 amide bonds. The number of nitrogens with zero attached hydrogens (tertiary/aromatic N) is 1. The number of anilines is 1. The number of aromatic amines is 1. The fraction of sp³-hybridized carbons (Fsp3) is 0.294. The summed E-state index contributed by atoms with van der Waals surface area (Å²) in [4.78, 5) is 27.4. The van der Waals surface area contributed by atoms with Crippen LogP contribution in [-0.4, -0.2) is 15.5 Å². The van der Waals surface area contributed by atoms with Gasteiger partial charge < -0.3 is 14.9 Å². The summed E-state index contributed by atoms with van der Waals surface area (Å²) in [6, 6.07) is 5.61. The van der Waals surface area contributed by atoms with Crippen molar-refractivity contribution >= 4 is 33.1 Å². The zero-order valence-corrected chi connectivity index (χ0v) is 14.2. The lowest BCUT2D eigenvalue weighted by Gasteiger charge is -2.09. The fourth-order valence-corrected chi connectivity index (χ4v) is 3.58. The highest BCUT2D eigenvalue weighted by Crippen LogP contribution is 2.26. The molecule has 2 N–H and O–H groups in total. The lowest BCUT2D eigenvalue weighted by atomic mass is 10.1. The van der Waals surface area contributed by atoms with E-state index in [1.807, 2.05) is 19.1 Å². The SMILES string of the molecule is CCCc1[nH]ccc1C(=O)Nc1cc2sc(=O)n(C)c2cc1C. The smallest absolute Gasteiger partial charge is 0.307 e. The van der Waals surface area contributed by atoms with Crippen LogP contribution in [0.15, 0.2) is 29.2 Å². The normalized spacial score (nSPS) is 11.1. The van der Waals surface area contributed by atoms with Crippen LogP contribution < -0.4 is 10.2 Å². The number of benzene rings is 1. The van der Waals surface area contributed by atoms with Gasteiger partial charge >= 0.3 is 4.87 Å². The number of rotatable bonds is 4. The van der Waals surface area contributed by atoms with Gasteiger partial charge in [0.15, 0.2) is 0 Å². The van der Waals surface area contributed by atoms with E-state index in [2.05, 4.69) is 17.2 Å². The number of H-pyrrole nitrogens is 1. The van der Waals surface area contributed by atoms with Crippen molar-refractivity contribution in [1.82, 2.24) is 9.55 Å². The molecule has 2 heterocycles. The van der Waals surface area contributed by atoms with Gasteiger partial charge in [-0.1, -0.05) is 24.7 Å². The van der Waals surface area contributed by atoms with Crippen molar-refractivity contribution < 1.29 is 4.79 Å². The Kier molecular flexibility index (Phi) is 4.09. The van der Waals surface area contributed by atoms with Gasteiger partial charge in [0.05, 0.1) is 15.8 Å². The molecule has 0 aliphatic rings. The third-order valence-electron chi connectivity index (χ3n) is 3.96. The van der Waals surface area contributed by atoms with Crippen LogP contribution >= 0.6 is 11.3 Å². The summed E-state index contributed by atoms with van der Waals surface area (Å²) >= 11 is 1.19. The van der Waals surface area contributed by atoms with E-state index in [0.29, 0.717) is 5.56 Å². The number of fused-ring (bicyclic) bond motifs is 1. The number of aromatic nitrogens is 2. The largest absolute Gasteiger partial charge is 0.364 e. The predicted octanol–water partition coefficient (Wildman–Crippen LogP) is 3.44. The van der Waals surface area contributed by atoms with E-state index in [0.717, 1.165) is 40.0 Å². The van der Waals surface area contributed by atoms with E-state index in [1.54, 1.807) is 23.9 Å². The number of thiazole rings is 1. The molecule has 0 atom stereocenters. The Labute approximate surface area is 138 Å². The highest BCUT2D eigenvalue weighted by molar-refractivity contribution is 7.16. The van der Waals surface area contributed by atoms with Crippen molar-refractivity contribution in [2.45, 2.75) is 26.7 Å². The molecule has 0 bridgehead atoms. The molecule has 0 fully saturated rings. The maximum Gasteiger partial charge on any atom is 0.307 e. The highest BCUT2D eigenvalue weighted by atomic mass is 32.1. The average Bonchev–Trinajstić information content (AvgIpc) is 3.07. The molecule has 0 saturated heterocycles. The molecule has 0 aliphatic carbocycles. The Morgan fingerprint density at radius 2 is 2.17 bits per heavy atom. The molecule has 5 nitrogen and oxygen atoms in total. The Bertz CT molecular complexity index is 933. The van der Waals surface area contributed by atoms with Crippen molar-refractivity contribution in [2.24, 2.45) is 7.05 Å². The summed E-state index contributed by atoms with van der Waals surface area (Å²) in [7, 11) is 1.76. The van der Waals surface area contributed by atoms with Gasteiger partial charge in [0, 0.05) is 24.6 Å². The molecule has 0 unspecified atom stereocenters. The minimum atomic E-state index is -0.125. The number of amides is 1. The van der Waals surface area contributed by atoms with Crippen molar-refractivity contribution in [1.29, 1.82) is 0 Å². The summed E-state index contributed by atoms with van der Waals surface area (Å²) in [6.07, 6.45) is 3.61. The van der Waals surface area contributed by atoms with Crippen LogP contribution in [0.25, 0.3) is 10.2 Å². The lowest BCUT2D eigenvalue weighted by Crippen LogP contribution is -2.14. The van der Waals surface area contributed by atoms with Crippen molar-refractivity contribution in [3.63, 3.8) is 0 Å². The third-order valence-corrected chi connectivity index (χ3v) is 4.96. The first-order chi connectivity index (χ1) is 11.0. The summed E-state index contributed by atoms with van der Waals surface area (Å²) in [5.74, 6) is -0.125. The van der Waals surface area contributed by atoms with Crippen molar-refractivity contribution in [3.8, 4) is 0 Å². The lowest BCUT2D eigenvalue weighted by molar-refractivity contribution is 0.102. The average molecular weight is 329 g/mol. The van der Waals surface area contributed by atoms with Crippen LogP contribution in [0.1, 0.15) is 35.0 Å². The van der Waals surface area contributed by atoms with Crippen LogP contribution in [0.3, 0.4) is 0 Å². The second-order valence-corrected chi connectivity index (χ2v) is 6.63. The zero-order valence-electron chi connectivity index (χ0n) is 13.4. The highest BCUT2D eigenvalue weighted by Gasteiger charge is 2.14. The first-order valence-electron chi connectivity index (χ1n) is 7.59. The quantitative estimate of drug-likeness (QED) is 0.770. The first-order valence-corrected chi connectivity index (χ1v) is 8.40. The van der Waals surface area contributed by atoms with Crippen LogP contribution in [-0.2, 0) is 13.5 Å². The van der Waals surface area contributed by atoms with E-state index < -0.39 is 0 Å². The molecule has 2 aromatic heterocycles. The van der Waals surface area contributed by atoms with E-state index >= 15 is 0 Å². The number of hydrogen-bond donors (Lipinski definition) is 2. The molecular weight excluding hydrogens is 310 g/mol. The standard InChI is InChI=1S/C17H19N3O2S/c1-4-5-12-11(6-7-18-12)16(21)19-13-9-15-14(8-10(13)2)20(3)17(22)23-15/h6-9,18H,4-5H2,1-3H3,(H,19,21). The Morgan fingerprint density at radius 3 is 2.91 bits per heavy atom. The third kappa shape index (κ3) is 2.82. The van der Waals surface area contributed by atoms with Gasteiger partial charge in [-0.15, -0.1) is 0 Å². The molecule has 6 heteroatoms. The maximum absolute atomic E-state index is 12.5. The molecule has 0 spiro atoms. The maximum atomic E-state index is 12.5. The van der Waals surface area contributed by atoms with Gasteiger partial charge in [0.2, 0.25) is 0 Å². The number of nitrogens with one attached hydrogen (secondary N) is 2. The topological polar surface area (TPSA) is 66.9 Å². The van der Waals surface area contributed by atoms with Gasteiger partial charge in [-0.2, -0.15) is 0 Å². The van der Waals surface area contributed by atoms with Gasteiger partial charge in [-0.25, -0.2) is 0 Å². The van der Waals surface area contributed by atoms with Gasteiger partial charge in [-0.05, 0) is 37.1 Å². The van der Waals surface area contributed by atoms with Crippen molar-refractivity contribution in [2.75, 3.05) is 5.32 Å². The van der Waals surface area contributed by atoms with E-state index in [1.165, 1.54) is 11.3 Å². The first kappa shape index (κ1) is 15.6. The minimum absolute atomic E-state index is 0.00116. The fourth-order valence-electron chi connectivity index (χ4n) is 2.68. The Balaban J connectivity index is 1.94. The molecule has 3 rings (SSSR count). The Morgan fingerprint density at radius 1 is 1.39 bits per heavy atom.